The third-order valence-corrected chi connectivity index (χ3v) is 9.60. The van der Waals surface area contributed by atoms with Gasteiger partial charge in [-0.15, -0.1) is 0 Å². The highest BCUT2D eigenvalue weighted by molar-refractivity contribution is 7.47. The van der Waals surface area contributed by atoms with Crippen LogP contribution in [0.1, 0.15) is 168 Å². The number of nitrogens with one attached hydrogen (secondary N) is 1. The summed E-state index contributed by atoms with van der Waals surface area (Å²) < 4.78 is 26.8. The van der Waals surface area contributed by atoms with Crippen LogP contribution in [0.2, 0.25) is 0 Å². The molecule has 10 heteroatoms. The van der Waals surface area contributed by atoms with Crippen molar-refractivity contribution in [2.45, 2.75) is 174 Å². The maximum atomic E-state index is 12.1. The number of esters is 1. The minimum atomic E-state index is -4.43. The van der Waals surface area contributed by atoms with Crippen molar-refractivity contribution in [1.29, 1.82) is 0 Å². The summed E-state index contributed by atoms with van der Waals surface area (Å²) in [5.74, 6) is -0.559. The molecule has 2 unspecified atom stereocenters. The Morgan fingerprint density at radius 2 is 1.04 bits per heavy atom. The van der Waals surface area contributed by atoms with Gasteiger partial charge in [-0.05, 0) is 83.5 Å². The summed E-state index contributed by atoms with van der Waals surface area (Å²) in [6.07, 6.45) is 49.8. The summed E-state index contributed by atoms with van der Waals surface area (Å²) in [4.78, 5) is 33.9. The van der Waals surface area contributed by atoms with Gasteiger partial charge in [0.15, 0.2) is 0 Å². The monoisotopic (exact) mass is 792 g/mol. The molecule has 0 rings (SSSR count). The highest BCUT2D eigenvalue weighted by atomic mass is 31.2. The van der Waals surface area contributed by atoms with E-state index in [1.807, 2.05) is 0 Å². The zero-order valence-electron chi connectivity index (χ0n) is 34.6. The van der Waals surface area contributed by atoms with Gasteiger partial charge < -0.3 is 20.1 Å². The number of unbranched alkanes of at least 4 members (excludes halogenated alkanes) is 14. The van der Waals surface area contributed by atoms with Crippen LogP contribution in [-0.2, 0) is 27.9 Å². The van der Waals surface area contributed by atoms with Crippen molar-refractivity contribution in [2.24, 2.45) is 0 Å². The van der Waals surface area contributed by atoms with Gasteiger partial charge >= 0.3 is 13.8 Å². The maximum absolute atomic E-state index is 12.1. The molecule has 0 aromatic heterocycles. The second-order valence-electron chi connectivity index (χ2n) is 13.9. The van der Waals surface area contributed by atoms with E-state index in [1.165, 1.54) is 51.4 Å². The third-order valence-electron chi connectivity index (χ3n) is 8.62. The fourth-order valence-electron chi connectivity index (χ4n) is 5.40. The van der Waals surface area contributed by atoms with E-state index in [0.717, 1.165) is 89.9 Å². The zero-order valence-corrected chi connectivity index (χ0v) is 35.5. The molecule has 0 aliphatic rings. The normalized spacial score (nSPS) is 14.0. The van der Waals surface area contributed by atoms with E-state index in [9.17, 15) is 24.2 Å². The van der Waals surface area contributed by atoms with E-state index in [-0.39, 0.29) is 32.1 Å². The molecule has 3 N–H and O–H groups in total. The predicted molar refractivity (Wildman–Crippen MR) is 229 cm³/mol. The quantitative estimate of drug-likeness (QED) is 0.0243. The van der Waals surface area contributed by atoms with Gasteiger partial charge in [-0.1, -0.05) is 145 Å². The van der Waals surface area contributed by atoms with Gasteiger partial charge in [-0.2, -0.15) is 0 Å². The van der Waals surface area contributed by atoms with E-state index >= 15 is 0 Å². The number of phosphoric acid groups is 1. The number of hydrogen-bond donors (Lipinski definition) is 3. The lowest BCUT2D eigenvalue weighted by Crippen LogP contribution is -2.27. The van der Waals surface area contributed by atoms with Gasteiger partial charge in [0.2, 0.25) is 5.91 Å². The SMILES string of the molecule is CC/C=C\C/C=C\C/C=C\CCCCCC(=O)NCCOP(=O)(O)OCC(O)COC(=O)CCCCCCCCCC/C=C\C/C=C\C/C=C\CCCCC. The Morgan fingerprint density at radius 1 is 0.582 bits per heavy atom. The van der Waals surface area contributed by atoms with E-state index in [2.05, 4.69) is 92.1 Å². The molecule has 1 amide bonds. The third kappa shape index (κ3) is 42.4. The van der Waals surface area contributed by atoms with Crippen LogP contribution in [0.25, 0.3) is 0 Å². The van der Waals surface area contributed by atoms with Crippen LogP contribution in [0, 0.1) is 0 Å². The predicted octanol–water partition coefficient (Wildman–Crippen LogP) is 11.9. The van der Waals surface area contributed by atoms with Crippen molar-refractivity contribution in [1.82, 2.24) is 5.32 Å². The summed E-state index contributed by atoms with van der Waals surface area (Å²) in [5, 5.41) is 12.7. The molecule has 9 nitrogen and oxygen atoms in total. The van der Waals surface area contributed by atoms with E-state index < -0.39 is 26.5 Å². The highest BCUT2D eigenvalue weighted by Gasteiger charge is 2.23. The number of hydrogen-bond acceptors (Lipinski definition) is 7. The number of phosphoric ester groups is 1. The molecule has 0 heterocycles. The summed E-state index contributed by atoms with van der Waals surface area (Å²) in [6, 6.07) is 0. The molecule has 0 bridgehead atoms. The lowest BCUT2D eigenvalue weighted by Gasteiger charge is -2.15. The molecular weight excluding hydrogens is 713 g/mol. The first-order chi connectivity index (χ1) is 26.8. The summed E-state index contributed by atoms with van der Waals surface area (Å²) in [5.41, 5.74) is 0. The van der Waals surface area contributed by atoms with Crippen molar-refractivity contribution >= 4 is 19.7 Å². The molecule has 55 heavy (non-hydrogen) atoms. The number of carbonyl (C=O) groups is 2. The molecule has 0 aliphatic heterocycles. The van der Waals surface area contributed by atoms with Gasteiger partial charge in [-0.3, -0.25) is 18.6 Å². The first kappa shape index (κ1) is 52.5. The van der Waals surface area contributed by atoms with Crippen LogP contribution in [0.3, 0.4) is 0 Å². The molecule has 0 spiro atoms. The van der Waals surface area contributed by atoms with Gasteiger partial charge in [0.05, 0.1) is 13.2 Å². The van der Waals surface area contributed by atoms with Gasteiger partial charge in [-0.25, -0.2) is 4.57 Å². The highest BCUT2D eigenvalue weighted by Crippen LogP contribution is 2.42. The number of ether oxygens (including phenoxy) is 1. The average molecular weight is 792 g/mol. The number of aliphatic hydroxyl groups is 1. The summed E-state index contributed by atoms with van der Waals surface area (Å²) in [7, 11) is -4.43. The molecule has 0 radical (unpaired) electrons. The second kappa shape index (κ2) is 41.1. The van der Waals surface area contributed by atoms with Crippen LogP contribution in [0.15, 0.2) is 72.9 Å². The van der Waals surface area contributed by atoms with Crippen molar-refractivity contribution in [2.75, 3.05) is 26.4 Å². The van der Waals surface area contributed by atoms with Crippen LogP contribution in [-0.4, -0.2) is 54.3 Å². The first-order valence-electron chi connectivity index (χ1n) is 21.4. The van der Waals surface area contributed by atoms with Gasteiger partial charge in [0, 0.05) is 19.4 Å². The lowest BCUT2D eigenvalue weighted by molar-refractivity contribution is -0.147. The number of carbonyl (C=O) groups excluding carboxylic acids is 2. The summed E-state index contributed by atoms with van der Waals surface area (Å²) >= 11 is 0. The Morgan fingerprint density at radius 3 is 1.58 bits per heavy atom. The molecule has 0 aromatic carbocycles. The second-order valence-corrected chi connectivity index (χ2v) is 15.4. The molecule has 0 fully saturated rings. The zero-order chi connectivity index (χ0) is 40.3. The first-order valence-corrected chi connectivity index (χ1v) is 22.9. The lowest BCUT2D eigenvalue weighted by atomic mass is 10.1. The van der Waals surface area contributed by atoms with E-state index in [0.29, 0.717) is 6.42 Å². The molecular formula is C45H78NO8P. The van der Waals surface area contributed by atoms with Crippen LogP contribution in [0.4, 0.5) is 0 Å². The Hall–Kier alpha value is -2.55. The minimum absolute atomic E-state index is 0.0612. The smallest absolute Gasteiger partial charge is 0.463 e. The Bertz CT molecular complexity index is 1130. The minimum Gasteiger partial charge on any atom is -0.463 e. The summed E-state index contributed by atoms with van der Waals surface area (Å²) in [6.45, 7) is 3.35. The van der Waals surface area contributed by atoms with Crippen molar-refractivity contribution < 1.29 is 37.9 Å². The molecule has 0 aliphatic carbocycles. The Balaban J connectivity index is 3.65. The molecule has 316 valence electrons. The molecule has 0 saturated heterocycles. The largest absolute Gasteiger partial charge is 0.472 e. The topological polar surface area (TPSA) is 131 Å². The van der Waals surface area contributed by atoms with Crippen molar-refractivity contribution in [3.8, 4) is 0 Å². The van der Waals surface area contributed by atoms with Crippen LogP contribution < -0.4 is 5.32 Å². The van der Waals surface area contributed by atoms with Crippen molar-refractivity contribution in [3.63, 3.8) is 0 Å². The van der Waals surface area contributed by atoms with Crippen LogP contribution in [0.5, 0.6) is 0 Å². The fourth-order valence-corrected chi connectivity index (χ4v) is 6.16. The fraction of sp³-hybridized carbons (Fsp3) is 0.689. The number of aliphatic hydroxyl groups excluding tert-OH is 1. The number of amides is 1. The van der Waals surface area contributed by atoms with Gasteiger partial charge in [0.1, 0.15) is 12.7 Å². The maximum Gasteiger partial charge on any atom is 0.472 e. The average Bonchev–Trinajstić information content (AvgIpc) is 3.17. The Kier molecular flexibility index (Phi) is 39.2. The molecule has 0 saturated carbocycles. The molecule has 0 aromatic rings. The standard InChI is InChI=1S/C45H78NO8P/c1-3-5-7-9-11-13-15-17-18-19-20-21-22-23-24-26-28-30-32-34-36-38-45(49)52-41-43(47)42-54-55(50,51)53-40-39-46-44(48)37-35-33-31-29-27-25-16-14-12-10-8-6-4-2/h6,8,11-14,17-18,20-21,25,27,43,47H,3-5,7,9-10,15-16,19,22-24,26,28-42H2,1-2H3,(H,46,48)(H,50,51)/b8-6-,13-11-,14-12-,18-17-,21-20-,27-25-. The molecule has 2 atom stereocenters. The van der Waals surface area contributed by atoms with E-state index in [1.54, 1.807) is 0 Å². The van der Waals surface area contributed by atoms with Crippen LogP contribution >= 0.6 is 7.82 Å². The number of rotatable bonds is 39. The Labute approximate surface area is 335 Å². The number of allylic oxidation sites excluding steroid dienone is 12. The van der Waals surface area contributed by atoms with Gasteiger partial charge in [0.25, 0.3) is 0 Å². The van der Waals surface area contributed by atoms with E-state index in [4.69, 9.17) is 13.8 Å². The van der Waals surface area contributed by atoms with Crippen molar-refractivity contribution in [3.05, 3.63) is 72.9 Å².